The van der Waals surface area contributed by atoms with Crippen molar-refractivity contribution in [1.82, 2.24) is 5.32 Å². The van der Waals surface area contributed by atoms with Crippen molar-refractivity contribution in [2.45, 2.75) is 13.0 Å². The molecule has 0 heterocycles. The predicted molar refractivity (Wildman–Crippen MR) is 58.4 cm³/mol. The van der Waals surface area contributed by atoms with E-state index in [1.807, 2.05) is 12.1 Å². The number of nitrogens with zero attached hydrogens (tertiary/aromatic N) is 2. The molecule has 2 amide bonds. The summed E-state index contributed by atoms with van der Waals surface area (Å²) in [6, 6.07) is 9.35. The minimum absolute atomic E-state index is 0.464. The van der Waals surface area contributed by atoms with E-state index >= 15 is 0 Å². The van der Waals surface area contributed by atoms with Gasteiger partial charge in [-0.25, -0.2) is 4.79 Å². The fourth-order valence-electron chi connectivity index (χ4n) is 1.06. The zero-order chi connectivity index (χ0) is 12.0. The molecule has 0 bridgehead atoms. The maximum Gasteiger partial charge on any atom is 0.320 e. The molecule has 80 valence electrons. The Bertz CT molecular complexity index is 470. The van der Waals surface area contributed by atoms with Gasteiger partial charge in [-0.1, -0.05) is 6.07 Å². The second kappa shape index (κ2) is 5.38. The lowest BCUT2D eigenvalue weighted by atomic mass is 10.2. The van der Waals surface area contributed by atoms with Crippen molar-refractivity contribution < 1.29 is 4.79 Å². The first kappa shape index (κ1) is 11.5. The molecule has 0 aliphatic rings. The molecule has 1 atom stereocenters. The van der Waals surface area contributed by atoms with Crippen LogP contribution in [-0.2, 0) is 0 Å². The molecule has 1 aromatic carbocycles. The van der Waals surface area contributed by atoms with E-state index in [1.54, 1.807) is 31.2 Å². The molecule has 0 aliphatic carbocycles. The third-order valence-electron chi connectivity index (χ3n) is 1.79. The second-order valence-corrected chi connectivity index (χ2v) is 3.14. The van der Waals surface area contributed by atoms with Crippen LogP contribution < -0.4 is 10.6 Å². The van der Waals surface area contributed by atoms with Gasteiger partial charge in [-0.2, -0.15) is 10.5 Å². The summed E-state index contributed by atoms with van der Waals surface area (Å²) in [4.78, 5) is 11.3. The van der Waals surface area contributed by atoms with E-state index in [-0.39, 0.29) is 0 Å². The quantitative estimate of drug-likeness (QED) is 0.783. The summed E-state index contributed by atoms with van der Waals surface area (Å²) in [5.74, 6) is 0. The van der Waals surface area contributed by atoms with Gasteiger partial charge in [0.05, 0.1) is 17.7 Å². The van der Waals surface area contributed by atoms with Crippen LogP contribution in [-0.4, -0.2) is 12.1 Å². The predicted octanol–water partition coefficient (Wildman–Crippen LogP) is 1.59. The highest BCUT2D eigenvalue weighted by molar-refractivity contribution is 5.89. The Labute approximate surface area is 93.3 Å². The molecule has 0 fully saturated rings. The third-order valence-corrected chi connectivity index (χ3v) is 1.79. The first-order valence-electron chi connectivity index (χ1n) is 4.63. The highest BCUT2D eigenvalue weighted by atomic mass is 16.2. The fourth-order valence-corrected chi connectivity index (χ4v) is 1.06. The van der Waals surface area contributed by atoms with E-state index in [0.717, 1.165) is 0 Å². The molecule has 16 heavy (non-hydrogen) atoms. The number of carbonyl (C=O) groups is 1. The topological polar surface area (TPSA) is 88.7 Å². The molecule has 1 aromatic rings. The second-order valence-electron chi connectivity index (χ2n) is 3.14. The number of rotatable bonds is 2. The molecule has 0 saturated heterocycles. The Morgan fingerprint density at radius 3 is 2.81 bits per heavy atom. The summed E-state index contributed by atoms with van der Waals surface area (Å²) < 4.78 is 0. The van der Waals surface area contributed by atoms with Gasteiger partial charge in [-0.15, -0.1) is 0 Å². The van der Waals surface area contributed by atoms with Crippen LogP contribution in [0.3, 0.4) is 0 Å². The van der Waals surface area contributed by atoms with Gasteiger partial charge >= 0.3 is 6.03 Å². The SMILES string of the molecule is CC(C#N)NC(=O)Nc1cccc(C#N)c1. The van der Waals surface area contributed by atoms with Gasteiger partial charge in [0.1, 0.15) is 6.04 Å². The fraction of sp³-hybridized carbons (Fsp3) is 0.182. The van der Waals surface area contributed by atoms with Crippen LogP contribution in [0.5, 0.6) is 0 Å². The number of amides is 2. The molecule has 5 nitrogen and oxygen atoms in total. The molecule has 0 radical (unpaired) electrons. The van der Waals surface area contributed by atoms with E-state index in [1.165, 1.54) is 0 Å². The van der Waals surface area contributed by atoms with Gasteiger partial charge in [0.25, 0.3) is 0 Å². The number of hydrogen-bond acceptors (Lipinski definition) is 3. The van der Waals surface area contributed by atoms with Crippen molar-refractivity contribution in [3.05, 3.63) is 29.8 Å². The molecule has 0 aliphatic heterocycles. The van der Waals surface area contributed by atoms with Crippen LogP contribution in [0.25, 0.3) is 0 Å². The molecule has 2 N–H and O–H groups in total. The number of urea groups is 1. The standard InChI is InChI=1S/C11H10N4O/c1-8(6-12)14-11(16)15-10-4-2-3-9(5-10)7-13/h2-5,8H,1H3,(H2,14,15,16). The molecular weight excluding hydrogens is 204 g/mol. The molecule has 1 rings (SSSR count). The van der Waals surface area contributed by atoms with Gasteiger partial charge in [0.2, 0.25) is 0 Å². The third kappa shape index (κ3) is 3.32. The van der Waals surface area contributed by atoms with Crippen LogP contribution in [0.2, 0.25) is 0 Å². The van der Waals surface area contributed by atoms with E-state index < -0.39 is 12.1 Å². The van der Waals surface area contributed by atoms with Crippen molar-refractivity contribution in [3.63, 3.8) is 0 Å². The number of nitrogens with one attached hydrogen (secondary N) is 2. The molecule has 0 spiro atoms. The number of carbonyl (C=O) groups excluding carboxylic acids is 1. The first-order chi connectivity index (χ1) is 7.65. The zero-order valence-corrected chi connectivity index (χ0v) is 8.69. The Balaban J connectivity index is 2.64. The van der Waals surface area contributed by atoms with E-state index in [4.69, 9.17) is 10.5 Å². The Kier molecular flexibility index (Phi) is 3.88. The number of hydrogen-bond donors (Lipinski definition) is 2. The molecule has 0 aromatic heterocycles. The lowest BCUT2D eigenvalue weighted by molar-refractivity contribution is 0.251. The van der Waals surface area contributed by atoms with Crippen LogP contribution in [0, 0.1) is 22.7 Å². The summed E-state index contributed by atoms with van der Waals surface area (Å²) in [5.41, 5.74) is 0.979. The van der Waals surface area contributed by atoms with Gasteiger partial charge in [-0.3, -0.25) is 0 Å². The highest BCUT2D eigenvalue weighted by Crippen LogP contribution is 2.09. The average Bonchev–Trinajstić information content (AvgIpc) is 2.28. The van der Waals surface area contributed by atoms with Gasteiger partial charge in [0.15, 0.2) is 0 Å². The summed E-state index contributed by atoms with van der Waals surface area (Å²) >= 11 is 0. The summed E-state index contributed by atoms with van der Waals surface area (Å²) in [7, 11) is 0. The maximum atomic E-state index is 11.3. The Hall–Kier alpha value is -2.53. The van der Waals surface area contributed by atoms with Gasteiger partial charge in [-0.05, 0) is 25.1 Å². The Morgan fingerprint density at radius 2 is 2.19 bits per heavy atom. The van der Waals surface area contributed by atoms with E-state index in [2.05, 4.69) is 10.6 Å². The van der Waals surface area contributed by atoms with Crippen LogP contribution in [0.4, 0.5) is 10.5 Å². The minimum Gasteiger partial charge on any atom is -0.322 e. The number of nitriles is 2. The lowest BCUT2D eigenvalue weighted by Gasteiger charge is -2.08. The van der Waals surface area contributed by atoms with Crippen molar-refractivity contribution in [2.75, 3.05) is 5.32 Å². The van der Waals surface area contributed by atoms with Crippen LogP contribution in [0.15, 0.2) is 24.3 Å². The van der Waals surface area contributed by atoms with E-state index in [0.29, 0.717) is 11.3 Å². The van der Waals surface area contributed by atoms with Gasteiger partial charge in [0, 0.05) is 5.69 Å². The molecule has 5 heteroatoms. The maximum absolute atomic E-state index is 11.3. The van der Waals surface area contributed by atoms with Crippen molar-refractivity contribution in [3.8, 4) is 12.1 Å². The van der Waals surface area contributed by atoms with Gasteiger partial charge < -0.3 is 10.6 Å². The molecular formula is C11H10N4O. The number of benzene rings is 1. The molecule has 1 unspecified atom stereocenters. The van der Waals surface area contributed by atoms with Crippen LogP contribution >= 0.6 is 0 Å². The summed E-state index contributed by atoms with van der Waals surface area (Å²) in [6.07, 6.45) is 0. The van der Waals surface area contributed by atoms with Crippen molar-refractivity contribution >= 4 is 11.7 Å². The average molecular weight is 214 g/mol. The summed E-state index contributed by atoms with van der Waals surface area (Å²) in [5, 5.41) is 22.1. The highest BCUT2D eigenvalue weighted by Gasteiger charge is 2.05. The Morgan fingerprint density at radius 1 is 1.44 bits per heavy atom. The lowest BCUT2D eigenvalue weighted by Crippen LogP contribution is -2.35. The normalized spacial score (nSPS) is 10.7. The molecule has 0 saturated carbocycles. The van der Waals surface area contributed by atoms with E-state index in [9.17, 15) is 4.79 Å². The van der Waals surface area contributed by atoms with Crippen LogP contribution in [0.1, 0.15) is 12.5 Å². The summed E-state index contributed by atoms with van der Waals surface area (Å²) in [6.45, 7) is 1.57. The zero-order valence-electron chi connectivity index (χ0n) is 8.69. The number of anilines is 1. The minimum atomic E-state index is -0.556. The smallest absolute Gasteiger partial charge is 0.320 e. The largest absolute Gasteiger partial charge is 0.322 e. The van der Waals surface area contributed by atoms with Crippen molar-refractivity contribution in [1.29, 1.82) is 10.5 Å². The van der Waals surface area contributed by atoms with Crippen molar-refractivity contribution in [2.24, 2.45) is 0 Å². The monoisotopic (exact) mass is 214 g/mol. The first-order valence-corrected chi connectivity index (χ1v) is 4.63.